The van der Waals surface area contributed by atoms with Crippen molar-refractivity contribution in [1.82, 2.24) is 0 Å². The van der Waals surface area contributed by atoms with Crippen LogP contribution in [-0.2, 0) is 0 Å². The van der Waals surface area contributed by atoms with Gasteiger partial charge in [-0.3, -0.25) is 0 Å². The van der Waals surface area contributed by atoms with Gasteiger partial charge in [0.05, 0.1) is 12.3 Å². The highest BCUT2D eigenvalue weighted by Gasteiger charge is 2.37. The van der Waals surface area contributed by atoms with E-state index in [-0.39, 0.29) is 0 Å². The second-order valence-corrected chi connectivity index (χ2v) is 2.78. The molecule has 0 aromatic rings. The van der Waals surface area contributed by atoms with Gasteiger partial charge in [0, 0.05) is 0 Å². The van der Waals surface area contributed by atoms with Crippen LogP contribution in [0.25, 0.3) is 5.53 Å². The average molecular weight is 120 g/mol. The molecule has 46 valence electrons. The van der Waals surface area contributed by atoms with E-state index in [1.165, 1.54) is 6.42 Å². The maximum absolute atomic E-state index is 8.44. The summed E-state index contributed by atoms with van der Waals surface area (Å²) in [7, 11) is 0. The van der Waals surface area contributed by atoms with E-state index in [0.717, 1.165) is 12.1 Å². The Morgan fingerprint density at radius 3 is 2.78 bits per heavy atom. The van der Waals surface area contributed by atoms with E-state index >= 15 is 0 Å². The predicted molar refractivity (Wildman–Crippen MR) is 34.0 cm³/mol. The lowest BCUT2D eigenvalue weighted by molar-refractivity contribution is -0.0121. The maximum atomic E-state index is 8.44. The topological polar surface area (TPSA) is 36.4 Å². The summed E-state index contributed by atoms with van der Waals surface area (Å²) < 4.78 is 0. The van der Waals surface area contributed by atoms with E-state index in [1.807, 2.05) is 0 Å². The predicted octanol–water partition coefficient (Wildman–Crippen LogP) is 1.25. The molecular formula is C7H8N2. The second kappa shape index (κ2) is 1.55. The summed E-state index contributed by atoms with van der Waals surface area (Å²) >= 11 is 0. The fourth-order valence-electron chi connectivity index (χ4n) is 1.71. The number of rotatable bonds is 0. The minimum absolute atomic E-state index is 0.472. The fourth-order valence-corrected chi connectivity index (χ4v) is 1.71. The molecule has 2 aliphatic carbocycles. The largest absolute Gasteiger partial charge is 0.362 e. The summed E-state index contributed by atoms with van der Waals surface area (Å²) in [6, 6.07) is 0. The quantitative estimate of drug-likeness (QED) is 0.262. The molecule has 2 nitrogen and oxygen atoms in total. The lowest BCUT2D eigenvalue weighted by atomic mass is 10.1. The van der Waals surface area contributed by atoms with Crippen LogP contribution < -0.4 is 0 Å². The first-order chi connectivity index (χ1) is 4.40. The van der Waals surface area contributed by atoms with Crippen molar-refractivity contribution < 1.29 is 4.79 Å². The van der Waals surface area contributed by atoms with Gasteiger partial charge in [0.2, 0.25) is 0 Å². The third kappa shape index (κ3) is 0.568. The molecule has 0 N–H and O–H groups in total. The highest BCUT2D eigenvalue weighted by atomic mass is 14.9. The monoisotopic (exact) mass is 120 g/mol. The summed E-state index contributed by atoms with van der Waals surface area (Å²) in [6.07, 6.45) is 6.53. The third-order valence-electron chi connectivity index (χ3n) is 2.20. The highest BCUT2D eigenvalue weighted by Crippen LogP contribution is 2.35. The van der Waals surface area contributed by atoms with Crippen molar-refractivity contribution in [2.24, 2.45) is 11.8 Å². The van der Waals surface area contributed by atoms with Crippen molar-refractivity contribution in [3.8, 4) is 0 Å². The van der Waals surface area contributed by atoms with Crippen LogP contribution in [0.1, 0.15) is 12.8 Å². The van der Waals surface area contributed by atoms with Crippen molar-refractivity contribution in [3.05, 3.63) is 17.7 Å². The molecular weight excluding hydrogens is 112 g/mol. The van der Waals surface area contributed by atoms with Crippen molar-refractivity contribution in [1.29, 1.82) is 0 Å². The summed E-state index contributed by atoms with van der Waals surface area (Å²) in [4.78, 5) is 3.24. The van der Waals surface area contributed by atoms with Crippen molar-refractivity contribution in [2.75, 3.05) is 0 Å². The molecule has 2 aliphatic rings. The first-order valence-corrected chi connectivity index (χ1v) is 3.29. The molecule has 1 saturated carbocycles. The van der Waals surface area contributed by atoms with Crippen LogP contribution in [0.15, 0.2) is 12.2 Å². The van der Waals surface area contributed by atoms with Gasteiger partial charge in [-0.2, -0.15) is 4.79 Å². The molecule has 0 radical (unpaired) electrons. The molecule has 2 heteroatoms. The van der Waals surface area contributed by atoms with Crippen molar-refractivity contribution in [2.45, 2.75) is 12.8 Å². The molecule has 0 amide bonds. The SMILES string of the molecule is [N-]=[N+]=C1CC2C=CC1C2. The first kappa shape index (κ1) is 4.95. The Morgan fingerprint density at radius 1 is 1.56 bits per heavy atom. The number of allylic oxidation sites excluding steroid dienone is 2. The Kier molecular flexibility index (Phi) is 0.852. The van der Waals surface area contributed by atoms with Crippen molar-refractivity contribution >= 4 is 5.71 Å². The summed E-state index contributed by atoms with van der Waals surface area (Å²) in [5.74, 6) is 1.15. The Bertz CT molecular complexity index is 211. The molecule has 0 spiro atoms. The van der Waals surface area contributed by atoms with Crippen LogP contribution in [0.5, 0.6) is 0 Å². The van der Waals surface area contributed by atoms with E-state index in [0.29, 0.717) is 11.8 Å². The molecule has 2 atom stereocenters. The smallest absolute Gasteiger partial charge is 0.276 e. The average Bonchev–Trinajstić information content (AvgIpc) is 2.45. The van der Waals surface area contributed by atoms with Crippen LogP contribution in [0, 0.1) is 11.8 Å². The molecule has 1 fully saturated rings. The minimum atomic E-state index is 0.472. The molecule has 9 heavy (non-hydrogen) atoms. The van der Waals surface area contributed by atoms with Crippen molar-refractivity contribution in [3.63, 3.8) is 0 Å². The van der Waals surface area contributed by atoms with Gasteiger partial charge >= 0.3 is 0 Å². The Labute approximate surface area is 53.8 Å². The van der Waals surface area contributed by atoms with Crippen LogP contribution in [0.2, 0.25) is 0 Å². The fraction of sp³-hybridized carbons (Fsp3) is 0.571. The van der Waals surface area contributed by atoms with Gasteiger partial charge in [-0.05, 0) is 12.3 Å². The number of fused-ring (bicyclic) bond motifs is 2. The van der Waals surface area contributed by atoms with E-state index in [1.54, 1.807) is 0 Å². The number of hydrogen-bond acceptors (Lipinski definition) is 0. The molecule has 2 unspecified atom stereocenters. The zero-order chi connectivity index (χ0) is 6.27. The lowest BCUT2D eigenvalue weighted by Gasteiger charge is -1.93. The Hall–Kier alpha value is -0.880. The highest BCUT2D eigenvalue weighted by molar-refractivity contribution is 5.87. The molecule has 2 bridgehead atoms. The zero-order valence-corrected chi connectivity index (χ0v) is 5.12. The van der Waals surface area contributed by atoms with E-state index in [9.17, 15) is 0 Å². The van der Waals surface area contributed by atoms with E-state index < -0.39 is 0 Å². The van der Waals surface area contributed by atoms with Crippen LogP contribution in [0.4, 0.5) is 0 Å². The van der Waals surface area contributed by atoms with Gasteiger partial charge in [-0.15, -0.1) is 0 Å². The number of nitrogens with zero attached hydrogens (tertiary/aromatic N) is 2. The van der Waals surface area contributed by atoms with Gasteiger partial charge < -0.3 is 5.53 Å². The normalized spacial score (nSPS) is 37.6. The van der Waals surface area contributed by atoms with E-state index in [4.69, 9.17) is 5.53 Å². The lowest BCUT2D eigenvalue weighted by Crippen LogP contribution is -2.05. The van der Waals surface area contributed by atoms with Gasteiger partial charge in [0.1, 0.15) is 0 Å². The van der Waals surface area contributed by atoms with Gasteiger partial charge in [0.15, 0.2) is 0 Å². The van der Waals surface area contributed by atoms with Gasteiger partial charge in [0.25, 0.3) is 5.71 Å². The summed E-state index contributed by atoms with van der Waals surface area (Å²) in [5, 5.41) is 0. The molecule has 0 aromatic carbocycles. The molecule has 0 saturated heterocycles. The van der Waals surface area contributed by atoms with Gasteiger partial charge in [-0.25, -0.2) is 0 Å². The zero-order valence-electron chi connectivity index (χ0n) is 5.12. The summed E-state index contributed by atoms with van der Waals surface area (Å²) in [5.41, 5.74) is 9.42. The second-order valence-electron chi connectivity index (χ2n) is 2.78. The number of hydrogen-bond donors (Lipinski definition) is 0. The molecule has 0 aliphatic heterocycles. The Balaban J connectivity index is 2.39. The maximum Gasteiger partial charge on any atom is 0.276 e. The molecule has 0 heterocycles. The molecule has 2 rings (SSSR count). The van der Waals surface area contributed by atoms with E-state index in [2.05, 4.69) is 16.9 Å². The van der Waals surface area contributed by atoms with Crippen LogP contribution in [0.3, 0.4) is 0 Å². The third-order valence-corrected chi connectivity index (χ3v) is 2.20. The van der Waals surface area contributed by atoms with Crippen LogP contribution >= 0.6 is 0 Å². The first-order valence-electron chi connectivity index (χ1n) is 3.29. The molecule has 0 aromatic heterocycles. The van der Waals surface area contributed by atoms with Gasteiger partial charge in [-0.1, -0.05) is 12.2 Å². The summed E-state index contributed by atoms with van der Waals surface area (Å²) in [6.45, 7) is 0. The minimum Gasteiger partial charge on any atom is -0.362 e. The Morgan fingerprint density at radius 2 is 2.44 bits per heavy atom. The standard InChI is InChI=1S/C7H8N2/c8-9-7-4-5-1-2-6(7)3-5/h1-2,5-6H,3-4H2. The van der Waals surface area contributed by atoms with Crippen LogP contribution in [-0.4, -0.2) is 10.5 Å².